The fourth-order valence-corrected chi connectivity index (χ4v) is 4.26. The van der Waals surface area contributed by atoms with Crippen molar-refractivity contribution in [3.63, 3.8) is 0 Å². The van der Waals surface area contributed by atoms with Crippen LogP contribution in [0.1, 0.15) is 47.5 Å². The van der Waals surface area contributed by atoms with Gasteiger partial charge in [0.2, 0.25) is 0 Å². The molecule has 1 heterocycles. The molecule has 24 heavy (non-hydrogen) atoms. The Morgan fingerprint density at radius 2 is 2.00 bits per heavy atom. The number of hydrogen-bond acceptors (Lipinski definition) is 6. The van der Waals surface area contributed by atoms with Gasteiger partial charge in [0.25, 0.3) is 5.91 Å². The number of thiophene rings is 1. The fourth-order valence-electron chi connectivity index (χ4n) is 2.97. The van der Waals surface area contributed by atoms with Crippen LogP contribution in [0.4, 0.5) is 5.00 Å². The van der Waals surface area contributed by atoms with Gasteiger partial charge in [-0.1, -0.05) is 6.92 Å². The zero-order chi connectivity index (χ0) is 17.3. The molecule has 0 aliphatic heterocycles. The molecular formula is C17H21NO5S. The van der Waals surface area contributed by atoms with Crippen molar-refractivity contribution in [3.8, 4) is 0 Å². The molecule has 0 spiro atoms. The van der Waals surface area contributed by atoms with Crippen molar-refractivity contribution in [2.75, 3.05) is 18.5 Å². The maximum absolute atomic E-state index is 12.2. The second-order valence-electron chi connectivity index (χ2n) is 6.26. The Labute approximate surface area is 144 Å². The number of anilines is 1. The van der Waals surface area contributed by atoms with Crippen LogP contribution in [0.15, 0.2) is 0 Å². The van der Waals surface area contributed by atoms with Gasteiger partial charge in [-0.3, -0.25) is 9.59 Å². The first kappa shape index (κ1) is 17.0. The van der Waals surface area contributed by atoms with Crippen molar-refractivity contribution in [2.24, 2.45) is 11.8 Å². The average molecular weight is 351 g/mol. The maximum Gasteiger partial charge on any atom is 0.341 e. The Hall–Kier alpha value is -1.89. The lowest BCUT2D eigenvalue weighted by Gasteiger charge is -2.08. The molecule has 6 nitrogen and oxygen atoms in total. The van der Waals surface area contributed by atoms with Crippen LogP contribution in [0.5, 0.6) is 0 Å². The number of aryl methyl sites for hydroxylation is 1. The summed E-state index contributed by atoms with van der Waals surface area (Å²) in [7, 11) is 0. The second kappa shape index (κ2) is 6.93. The van der Waals surface area contributed by atoms with Crippen LogP contribution in [0.3, 0.4) is 0 Å². The number of ether oxygens (including phenoxy) is 2. The molecule has 7 heteroatoms. The van der Waals surface area contributed by atoms with Gasteiger partial charge in [0.15, 0.2) is 6.61 Å². The summed E-state index contributed by atoms with van der Waals surface area (Å²) in [6.45, 7) is 3.69. The minimum atomic E-state index is -0.429. The number of esters is 2. The van der Waals surface area contributed by atoms with Crippen LogP contribution in [0.2, 0.25) is 0 Å². The van der Waals surface area contributed by atoms with E-state index in [9.17, 15) is 14.4 Å². The summed E-state index contributed by atoms with van der Waals surface area (Å²) in [6.07, 6.45) is 3.57. The van der Waals surface area contributed by atoms with Crippen molar-refractivity contribution in [3.05, 3.63) is 16.0 Å². The monoisotopic (exact) mass is 351 g/mol. The van der Waals surface area contributed by atoms with Crippen molar-refractivity contribution >= 4 is 34.2 Å². The number of hydrogen-bond donors (Lipinski definition) is 1. The third kappa shape index (κ3) is 3.45. The molecule has 2 atom stereocenters. The summed E-state index contributed by atoms with van der Waals surface area (Å²) >= 11 is 1.41. The van der Waals surface area contributed by atoms with Crippen molar-refractivity contribution < 1.29 is 23.9 Å². The highest BCUT2D eigenvalue weighted by Crippen LogP contribution is 2.40. The first-order chi connectivity index (χ1) is 11.5. The van der Waals surface area contributed by atoms with Crippen LogP contribution < -0.4 is 5.32 Å². The number of rotatable bonds is 6. The van der Waals surface area contributed by atoms with Gasteiger partial charge in [0.1, 0.15) is 5.00 Å². The molecule has 2 aliphatic carbocycles. The maximum atomic E-state index is 12.2. The van der Waals surface area contributed by atoms with E-state index in [1.54, 1.807) is 6.92 Å². The van der Waals surface area contributed by atoms with E-state index in [1.165, 1.54) is 11.3 Å². The van der Waals surface area contributed by atoms with E-state index in [0.717, 1.165) is 36.1 Å². The Bertz CT molecular complexity index is 681. The first-order valence-electron chi connectivity index (χ1n) is 8.29. The minimum absolute atomic E-state index is 0.0709. The lowest BCUT2D eigenvalue weighted by atomic mass is 10.1. The highest BCUT2D eigenvalue weighted by atomic mass is 32.1. The van der Waals surface area contributed by atoms with Crippen molar-refractivity contribution in [1.82, 2.24) is 0 Å². The Morgan fingerprint density at radius 1 is 1.25 bits per heavy atom. The third-order valence-corrected chi connectivity index (χ3v) is 5.62. The molecule has 1 aromatic heterocycles. The lowest BCUT2D eigenvalue weighted by Crippen LogP contribution is -2.22. The standard InChI is InChI=1S/C17H21NO5S/c1-3-22-17(21)14-10-5-4-6-12(10)24-15(14)18-13(19)8-23-16(20)11-7-9(11)2/h9,11H,3-8H2,1-2H3,(H,18,19). The summed E-state index contributed by atoms with van der Waals surface area (Å²) in [5.41, 5.74) is 1.45. The summed E-state index contributed by atoms with van der Waals surface area (Å²) in [5, 5.41) is 3.21. The molecule has 1 saturated carbocycles. The summed E-state index contributed by atoms with van der Waals surface area (Å²) in [6, 6.07) is 0. The van der Waals surface area contributed by atoms with E-state index in [-0.39, 0.29) is 25.1 Å². The molecule has 1 amide bonds. The Kier molecular flexibility index (Phi) is 4.89. The SMILES string of the molecule is CCOC(=O)c1c(NC(=O)COC(=O)C2CC2C)sc2c1CCC2. The number of amides is 1. The normalized spacial score (nSPS) is 21.1. The zero-order valence-electron chi connectivity index (χ0n) is 13.8. The molecule has 0 radical (unpaired) electrons. The van der Waals surface area contributed by atoms with Gasteiger partial charge in [-0.25, -0.2) is 4.79 Å². The lowest BCUT2D eigenvalue weighted by molar-refractivity contribution is -0.148. The third-order valence-electron chi connectivity index (χ3n) is 4.41. The van der Waals surface area contributed by atoms with E-state index < -0.39 is 11.9 Å². The quantitative estimate of drug-likeness (QED) is 0.797. The number of nitrogens with one attached hydrogen (secondary N) is 1. The van der Waals surface area contributed by atoms with Gasteiger partial charge in [0.05, 0.1) is 18.1 Å². The zero-order valence-corrected chi connectivity index (χ0v) is 14.7. The van der Waals surface area contributed by atoms with E-state index in [2.05, 4.69) is 5.32 Å². The van der Waals surface area contributed by atoms with Gasteiger partial charge in [-0.05, 0) is 44.1 Å². The van der Waals surface area contributed by atoms with Gasteiger partial charge >= 0.3 is 11.9 Å². The second-order valence-corrected chi connectivity index (χ2v) is 7.36. The Balaban J connectivity index is 1.65. The predicted molar refractivity (Wildman–Crippen MR) is 89.2 cm³/mol. The van der Waals surface area contributed by atoms with Gasteiger partial charge < -0.3 is 14.8 Å². The molecule has 130 valence electrons. The molecule has 1 aromatic rings. The highest BCUT2D eigenvalue weighted by molar-refractivity contribution is 7.17. The average Bonchev–Trinajstić information content (AvgIpc) is 2.94. The molecule has 1 N–H and O–H groups in total. The van der Waals surface area contributed by atoms with Gasteiger partial charge in [-0.2, -0.15) is 0 Å². The summed E-state index contributed by atoms with van der Waals surface area (Å²) in [4.78, 5) is 37.1. The van der Waals surface area contributed by atoms with Crippen LogP contribution >= 0.6 is 11.3 Å². The first-order valence-corrected chi connectivity index (χ1v) is 9.11. The van der Waals surface area contributed by atoms with E-state index in [0.29, 0.717) is 16.5 Å². The van der Waals surface area contributed by atoms with E-state index >= 15 is 0 Å². The number of carbonyl (C=O) groups excluding carboxylic acids is 3. The van der Waals surface area contributed by atoms with Crippen molar-refractivity contribution in [1.29, 1.82) is 0 Å². The molecule has 1 fully saturated rings. The molecule has 3 rings (SSSR count). The van der Waals surface area contributed by atoms with Gasteiger partial charge in [0, 0.05) is 4.88 Å². The largest absolute Gasteiger partial charge is 0.462 e. The summed E-state index contributed by atoms with van der Waals surface area (Å²) in [5.74, 6) is -0.884. The molecule has 0 bridgehead atoms. The molecule has 0 aromatic carbocycles. The highest BCUT2D eigenvalue weighted by Gasteiger charge is 2.40. The number of fused-ring (bicyclic) bond motifs is 1. The van der Waals surface area contributed by atoms with Crippen LogP contribution in [-0.2, 0) is 31.9 Å². The van der Waals surface area contributed by atoms with Crippen molar-refractivity contribution in [2.45, 2.75) is 39.5 Å². The minimum Gasteiger partial charge on any atom is -0.462 e. The number of carbonyl (C=O) groups is 3. The fraction of sp³-hybridized carbons (Fsp3) is 0.588. The van der Waals surface area contributed by atoms with Crippen LogP contribution in [0, 0.1) is 11.8 Å². The van der Waals surface area contributed by atoms with E-state index in [1.807, 2.05) is 6.92 Å². The van der Waals surface area contributed by atoms with Crippen LogP contribution in [-0.4, -0.2) is 31.1 Å². The molecule has 2 unspecified atom stereocenters. The summed E-state index contributed by atoms with van der Waals surface area (Å²) < 4.78 is 10.1. The van der Waals surface area contributed by atoms with Gasteiger partial charge in [-0.15, -0.1) is 11.3 Å². The van der Waals surface area contributed by atoms with Crippen LogP contribution in [0.25, 0.3) is 0 Å². The molecule has 2 aliphatic rings. The predicted octanol–water partition coefficient (Wildman–Crippen LogP) is 2.55. The topological polar surface area (TPSA) is 81.7 Å². The molecule has 0 saturated heterocycles. The molecular weight excluding hydrogens is 330 g/mol. The smallest absolute Gasteiger partial charge is 0.341 e. The van der Waals surface area contributed by atoms with E-state index in [4.69, 9.17) is 9.47 Å². The Morgan fingerprint density at radius 3 is 2.67 bits per heavy atom.